The zero-order chi connectivity index (χ0) is 20.9. The van der Waals surface area contributed by atoms with Gasteiger partial charge < -0.3 is 4.74 Å². The number of carbonyl (C=O) groups is 2. The van der Waals surface area contributed by atoms with Gasteiger partial charge >= 0.3 is 5.97 Å². The van der Waals surface area contributed by atoms with Gasteiger partial charge in [0.15, 0.2) is 0 Å². The van der Waals surface area contributed by atoms with E-state index in [9.17, 15) is 18.4 Å². The minimum absolute atomic E-state index is 0.154. The Hall–Kier alpha value is -2.08. The largest absolute Gasteiger partial charge is 0.460 e. The first kappa shape index (κ1) is 22.2. The predicted octanol–water partition coefficient (Wildman–Crippen LogP) is 5.43. The highest BCUT2D eigenvalue weighted by Crippen LogP contribution is 2.23. The molecule has 3 nitrogen and oxygen atoms in total. The van der Waals surface area contributed by atoms with Gasteiger partial charge in [-0.1, -0.05) is 46.3 Å². The number of halogens is 3. The lowest BCUT2D eigenvalue weighted by molar-refractivity contribution is -0.161. The molecule has 0 bridgehead atoms. The van der Waals surface area contributed by atoms with Gasteiger partial charge in [0.2, 0.25) is 0 Å². The fourth-order valence-electron chi connectivity index (χ4n) is 2.81. The summed E-state index contributed by atoms with van der Waals surface area (Å²) in [5.41, 5.74) is -0.109. The molecule has 0 aliphatic rings. The lowest BCUT2D eigenvalue weighted by Gasteiger charge is -2.24. The highest BCUT2D eigenvalue weighted by atomic mass is 79.9. The second kappa shape index (κ2) is 9.41. The Morgan fingerprint density at radius 2 is 1.64 bits per heavy atom. The highest BCUT2D eigenvalue weighted by Gasteiger charge is 2.28. The van der Waals surface area contributed by atoms with Crippen LogP contribution in [-0.4, -0.2) is 17.4 Å². The number of hydrogen-bond acceptors (Lipinski definition) is 3. The van der Waals surface area contributed by atoms with E-state index in [0.29, 0.717) is 6.42 Å². The Labute approximate surface area is 172 Å². The number of esters is 1. The number of rotatable bonds is 7. The van der Waals surface area contributed by atoms with Gasteiger partial charge in [-0.15, -0.1) is 0 Å². The van der Waals surface area contributed by atoms with Crippen LogP contribution in [0.4, 0.5) is 8.78 Å². The molecule has 0 aliphatic carbocycles. The molecule has 0 amide bonds. The third-order valence-corrected chi connectivity index (χ3v) is 4.48. The van der Waals surface area contributed by atoms with Gasteiger partial charge in [-0.2, -0.15) is 0 Å². The van der Waals surface area contributed by atoms with Crippen molar-refractivity contribution in [1.29, 1.82) is 0 Å². The maximum atomic E-state index is 14.0. The standard InChI is InChI=1S/C22H23BrF2O3/c1-22(2,3)28-21(27)15(9-14-7-5-4-6-8-14)10-17(26)13-18-19(24)11-16(23)12-20(18)25/h4-8,11-12,15H,9-10,13H2,1-3H3/t15-/m1/s1. The van der Waals surface area contributed by atoms with Crippen LogP contribution < -0.4 is 0 Å². The van der Waals surface area contributed by atoms with Crippen molar-refractivity contribution < 1.29 is 23.1 Å². The van der Waals surface area contributed by atoms with Gasteiger partial charge in [-0.05, 0) is 44.9 Å². The molecule has 2 rings (SSSR count). The van der Waals surface area contributed by atoms with E-state index in [1.165, 1.54) is 0 Å². The normalized spacial score (nSPS) is 12.5. The fourth-order valence-corrected chi connectivity index (χ4v) is 3.21. The Morgan fingerprint density at radius 3 is 2.18 bits per heavy atom. The molecular weight excluding hydrogens is 430 g/mol. The third kappa shape index (κ3) is 6.82. The van der Waals surface area contributed by atoms with Gasteiger partial charge in [-0.3, -0.25) is 9.59 Å². The first-order valence-corrected chi connectivity index (χ1v) is 9.76. The molecule has 1 atom stereocenters. The van der Waals surface area contributed by atoms with Gasteiger partial charge in [0.25, 0.3) is 0 Å². The molecule has 0 saturated carbocycles. The number of ketones is 1. The SMILES string of the molecule is CC(C)(C)OC(=O)[C@@H](CC(=O)Cc1c(F)cc(Br)cc1F)Cc1ccccc1. The van der Waals surface area contributed by atoms with Crippen molar-refractivity contribution >= 4 is 27.7 Å². The second-order valence-corrected chi connectivity index (χ2v) is 8.60. The predicted molar refractivity (Wildman–Crippen MR) is 107 cm³/mol. The van der Waals surface area contributed by atoms with Crippen molar-refractivity contribution in [2.45, 2.75) is 45.6 Å². The van der Waals surface area contributed by atoms with Crippen LogP contribution in [0.5, 0.6) is 0 Å². The molecule has 0 N–H and O–H groups in total. The third-order valence-electron chi connectivity index (χ3n) is 4.02. The van der Waals surface area contributed by atoms with Gasteiger partial charge in [0.05, 0.1) is 5.92 Å². The zero-order valence-electron chi connectivity index (χ0n) is 16.1. The smallest absolute Gasteiger partial charge is 0.310 e. The van der Waals surface area contributed by atoms with E-state index >= 15 is 0 Å². The summed E-state index contributed by atoms with van der Waals surface area (Å²) in [6.07, 6.45) is -0.259. The summed E-state index contributed by atoms with van der Waals surface area (Å²) >= 11 is 3.01. The van der Waals surface area contributed by atoms with Gasteiger partial charge in [-0.25, -0.2) is 8.78 Å². The first-order chi connectivity index (χ1) is 13.0. The average molecular weight is 453 g/mol. The van der Waals surface area contributed by atoms with Crippen molar-refractivity contribution in [3.05, 3.63) is 69.7 Å². The molecule has 2 aromatic rings. The molecule has 0 saturated heterocycles. The van der Waals surface area contributed by atoms with Crippen LogP contribution in [0.2, 0.25) is 0 Å². The molecule has 2 aromatic carbocycles. The van der Waals surface area contributed by atoms with Crippen molar-refractivity contribution in [3.8, 4) is 0 Å². The molecule has 0 heterocycles. The van der Waals surface area contributed by atoms with Crippen LogP contribution in [0.1, 0.15) is 38.3 Å². The van der Waals surface area contributed by atoms with E-state index in [2.05, 4.69) is 15.9 Å². The fraction of sp³-hybridized carbons (Fsp3) is 0.364. The Kier molecular flexibility index (Phi) is 7.47. The van der Waals surface area contributed by atoms with E-state index in [1.54, 1.807) is 20.8 Å². The molecular formula is C22H23BrF2O3. The molecule has 0 spiro atoms. The Bertz CT molecular complexity index is 822. The number of ether oxygens (including phenoxy) is 1. The minimum atomic E-state index is -0.794. The lowest BCUT2D eigenvalue weighted by Crippen LogP contribution is -2.31. The van der Waals surface area contributed by atoms with Crippen molar-refractivity contribution in [2.75, 3.05) is 0 Å². The maximum Gasteiger partial charge on any atom is 0.310 e. The van der Waals surface area contributed by atoms with E-state index in [4.69, 9.17) is 4.74 Å². The highest BCUT2D eigenvalue weighted by molar-refractivity contribution is 9.10. The molecule has 150 valence electrons. The quantitative estimate of drug-likeness (QED) is 0.526. The number of benzene rings is 2. The summed E-state index contributed by atoms with van der Waals surface area (Å²) in [5, 5.41) is 0. The second-order valence-electron chi connectivity index (χ2n) is 7.69. The number of hydrogen-bond donors (Lipinski definition) is 0. The average Bonchev–Trinajstić information content (AvgIpc) is 2.57. The first-order valence-electron chi connectivity index (χ1n) is 8.97. The summed E-state index contributed by atoms with van der Waals surface area (Å²) < 4.78 is 33.7. The minimum Gasteiger partial charge on any atom is -0.460 e. The summed E-state index contributed by atoms with van der Waals surface area (Å²) in [4.78, 5) is 25.1. The van der Waals surface area contributed by atoms with Gasteiger partial charge in [0.1, 0.15) is 23.0 Å². The Balaban J connectivity index is 2.17. The van der Waals surface area contributed by atoms with E-state index < -0.39 is 41.3 Å². The van der Waals surface area contributed by atoms with E-state index in [0.717, 1.165) is 17.7 Å². The molecule has 0 unspecified atom stereocenters. The lowest BCUT2D eigenvalue weighted by atomic mass is 9.92. The van der Waals surface area contributed by atoms with Crippen molar-refractivity contribution in [1.82, 2.24) is 0 Å². The topological polar surface area (TPSA) is 43.4 Å². The number of Topliss-reactive ketones (excluding diaryl/α,β-unsaturated/α-hetero) is 1. The summed E-state index contributed by atoms with van der Waals surface area (Å²) in [7, 11) is 0. The summed E-state index contributed by atoms with van der Waals surface area (Å²) in [6, 6.07) is 11.5. The van der Waals surface area contributed by atoms with Crippen LogP contribution >= 0.6 is 15.9 Å². The monoisotopic (exact) mass is 452 g/mol. The van der Waals surface area contributed by atoms with Crippen LogP contribution in [0, 0.1) is 17.6 Å². The molecule has 0 fully saturated rings. The van der Waals surface area contributed by atoms with E-state index in [1.807, 2.05) is 30.3 Å². The van der Waals surface area contributed by atoms with Crippen LogP contribution in [-0.2, 0) is 27.2 Å². The van der Waals surface area contributed by atoms with E-state index in [-0.39, 0.29) is 16.5 Å². The van der Waals surface area contributed by atoms with Crippen LogP contribution in [0.25, 0.3) is 0 Å². The number of carbonyl (C=O) groups excluding carboxylic acids is 2. The van der Waals surface area contributed by atoms with Crippen molar-refractivity contribution in [2.24, 2.45) is 5.92 Å². The summed E-state index contributed by atoms with van der Waals surface area (Å²) in [5.74, 6) is -3.24. The molecule has 0 aliphatic heterocycles. The molecule has 28 heavy (non-hydrogen) atoms. The maximum absolute atomic E-state index is 14.0. The molecule has 0 radical (unpaired) electrons. The van der Waals surface area contributed by atoms with Crippen LogP contribution in [0.15, 0.2) is 46.9 Å². The summed E-state index contributed by atoms with van der Waals surface area (Å²) in [6.45, 7) is 5.25. The Morgan fingerprint density at radius 1 is 1.07 bits per heavy atom. The molecule has 0 aromatic heterocycles. The zero-order valence-corrected chi connectivity index (χ0v) is 17.7. The van der Waals surface area contributed by atoms with Gasteiger partial charge in [0, 0.05) is 22.9 Å². The molecule has 6 heteroatoms. The van der Waals surface area contributed by atoms with Crippen molar-refractivity contribution in [3.63, 3.8) is 0 Å². The van der Waals surface area contributed by atoms with Crippen LogP contribution in [0.3, 0.4) is 0 Å².